The number of aromatic nitrogens is 4. The summed E-state index contributed by atoms with van der Waals surface area (Å²) in [7, 11) is 0. The Labute approximate surface area is 103 Å². The second-order valence-corrected chi connectivity index (χ2v) is 3.65. The Kier molecular flexibility index (Phi) is 3.13. The molecule has 2 heterocycles. The van der Waals surface area contributed by atoms with Crippen LogP contribution >= 0.6 is 0 Å². The van der Waals surface area contributed by atoms with Crippen LogP contribution in [0.25, 0.3) is 0 Å². The zero-order chi connectivity index (χ0) is 13.1. The molecule has 0 fully saturated rings. The Bertz CT molecular complexity index is 600. The highest BCUT2D eigenvalue weighted by atomic mass is 16.3. The highest BCUT2D eigenvalue weighted by Gasteiger charge is 2.12. The van der Waals surface area contributed by atoms with Gasteiger partial charge in [-0.2, -0.15) is 5.10 Å². The van der Waals surface area contributed by atoms with Crippen molar-refractivity contribution in [2.45, 2.75) is 13.8 Å². The normalized spacial score (nSPS) is 10.1. The fraction of sp³-hybridized carbons (Fsp3) is 0.182. The van der Waals surface area contributed by atoms with Gasteiger partial charge >= 0.3 is 0 Å². The number of anilines is 1. The SMILES string of the molecule is Cc1nnc(NC(=O)c2ccncc2O)nc1C. The summed E-state index contributed by atoms with van der Waals surface area (Å²) in [6.45, 7) is 3.54. The van der Waals surface area contributed by atoms with Crippen molar-refractivity contribution in [3.8, 4) is 5.75 Å². The molecule has 92 valence electrons. The van der Waals surface area contributed by atoms with Gasteiger partial charge in [0.05, 0.1) is 23.1 Å². The number of pyridine rings is 1. The minimum Gasteiger partial charge on any atom is -0.505 e. The lowest BCUT2D eigenvalue weighted by Gasteiger charge is -2.05. The minimum atomic E-state index is -0.514. The molecular formula is C11H11N5O2. The van der Waals surface area contributed by atoms with Crippen molar-refractivity contribution in [1.29, 1.82) is 0 Å². The van der Waals surface area contributed by atoms with E-state index in [-0.39, 0.29) is 17.3 Å². The van der Waals surface area contributed by atoms with Gasteiger partial charge in [-0.1, -0.05) is 0 Å². The second kappa shape index (κ2) is 4.74. The largest absolute Gasteiger partial charge is 0.505 e. The number of nitrogens with zero attached hydrogens (tertiary/aromatic N) is 4. The number of hydrogen-bond donors (Lipinski definition) is 2. The maximum atomic E-state index is 11.8. The number of aromatic hydroxyl groups is 1. The van der Waals surface area contributed by atoms with E-state index in [0.29, 0.717) is 11.4 Å². The van der Waals surface area contributed by atoms with Crippen LogP contribution < -0.4 is 5.32 Å². The van der Waals surface area contributed by atoms with E-state index in [1.54, 1.807) is 13.8 Å². The first-order valence-corrected chi connectivity index (χ1v) is 5.20. The summed E-state index contributed by atoms with van der Waals surface area (Å²) in [4.78, 5) is 19.6. The van der Waals surface area contributed by atoms with Crippen LogP contribution in [-0.4, -0.2) is 31.2 Å². The molecule has 2 aromatic heterocycles. The molecule has 0 aliphatic carbocycles. The van der Waals surface area contributed by atoms with Crippen LogP contribution in [0.3, 0.4) is 0 Å². The molecule has 2 rings (SSSR count). The number of carbonyl (C=O) groups is 1. The molecule has 0 spiro atoms. The van der Waals surface area contributed by atoms with Gasteiger partial charge in [0.1, 0.15) is 5.75 Å². The van der Waals surface area contributed by atoms with Crippen molar-refractivity contribution >= 4 is 11.9 Å². The number of amides is 1. The number of aryl methyl sites for hydroxylation is 2. The van der Waals surface area contributed by atoms with Gasteiger partial charge in [0.15, 0.2) is 0 Å². The van der Waals surface area contributed by atoms with E-state index in [1.807, 2.05) is 0 Å². The third kappa shape index (κ3) is 2.40. The van der Waals surface area contributed by atoms with Crippen molar-refractivity contribution in [3.05, 3.63) is 35.4 Å². The first-order chi connectivity index (χ1) is 8.58. The van der Waals surface area contributed by atoms with Gasteiger partial charge in [-0.05, 0) is 19.9 Å². The van der Waals surface area contributed by atoms with Crippen LogP contribution in [-0.2, 0) is 0 Å². The molecule has 0 saturated heterocycles. The molecule has 1 amide bonds. The highest BCUT2D eigenvalue weighted by Crippen LogP contribution is 2.15. The molecule has 0 unspecified atom stereocenters. The molecule has 0 aliphatic rings. The smallest absolute Gasteiger partial charge is 0.261 e. The number of rotatable bonds is 2. The van der Waals surface area contributed by atoms with Gasteiger partial charge in [-0.15, -0.1) is 5.10 Å². The predicted octanol–water partition coefficient (Wildman–Crippen LogP) is 0.841. The maximum Gasteiger partial charge on any atom is 0.261 e. The van der Waals surface area contributed by atoms with E-state index in [9.17, 15) is 9.90 Å². The van der Waals surface area contributed by atoms with Crippen molar-refractivity contribution in [3.63, 3.8) is 0 Å². The van der Waals surface area contributed by atoms with Crippen LogP contribution in [0.15, 0.2) is 18.5 Å². The van der Waals surface area contributed by atoms with Crippen LogP contribution in [0.4, 0.5) is 5.95 Å². The summed E-state index contributed by atoms with van der Waals surface area (Å²) in [6, 6.07) is 1.40. The van der Waals surface area contributed by atoms with Crippen molar-refractivity contribution < 1.29 is 9.90 Å². The van der Waals surface area contributed by atoms with E-state index >= 15 is 0 Å². The predicted molar refractivity (Wildman–Crippen MR) is 63.2 cm³/mol. The number of carbonyl (C=O) groups excluding carboxylic acids is 1. The van der Waals surface area contributed by atoms with Gasteiger partial charge < -0.3 is 5.11 Å². The Morgan fingerprint density at radius 2 is 2.06 bits per heavy atom. The lowest BCUT2D eigenvalue weighted by atomic mass is 10.2. The van der Waals surface area contributed by atoms with E-state index in [1.165, 1.54) is 18.5 Å². The molecule has 18 heavy (non-hydrogen) atoms. The van der Waals surface area contributed by atoms with Crippen LogP contribution in [0, 0.1) is 13.8 Å². The molecule has 0 aliphatic heterocycles. The van der Waals surface area contributed by atoms with Gasteiger partial charge in [0.2, 0.25) is 5.95 Å². The fourth-order valence-corrected chi connectivity index (χ4v) is 1.26. The van der Waals surface area contributed by atoms with Gasteiger partial charge in [-0.3, -0.25) is 15.1 Å². The summed E-state index contributed by atoms with van der Waals surface area (Å²) in [5.41, 5.74) is 1.48. The van der Waals surface area contributed by atoms with E-state index in [2.05, 4.69) is 25.5 Å². The zero-order valence-electron chi connectivity index (χ0n) is 9.88. The molecule has 2 aromatic rings. The molecule has 0 radical (unpaired) electrons. The van der Waals surface area contributed by atoms with Gasteiger partial charge in [0, 0.05) is 6.20 Å². The molecule has 2 N–H and O–H groups in total. The summed E-state index contributed by atoms with van der Waals surface area (Å²) in [5.74, 6) is -0.619. The average Bonchev–Trinajstić information content (AvgIpc) is 2.34. The molecule has 0 saturated carbocycles. The summed E-state index contributed by atoms with van der Waals surface area (Å²) in [5, 5.41) is 19.5. The topological polar surface area (TPSA) is 101 Å². The van der Waals surface area contributed by atoms with Gasteiger partial charge in [-0.25, -0.2) is 4.98 Å². The molecule has 7 nitrogen and oxygen atoms in total. The lowest BCUT2D eigenvalue weighted by molar-refractivity contribution is 0.102. The van der Waals surface area contributed by atoms with E-state index < -0.39 is 5.91 Å². The van der Waals surface area contributed by atoms with Crippen molar-refractivity contribution in [2.24, 2.45) is 0 Å². The number of nitrogens with one attached hydrogen (secondary N) is 1. The second-order valence-electron chi connectivity index (χ2n) is 3.65. The summed E-state index contributed by atoms with van der Waals surface area (Å²) >= 11 is 0. The average molecular weight is 245 g/mol. The zero-order valence-corrected chi connectivity index (χ0v) is 9.88. The Morgan fingerprint density at radius 1 is 1.28 bits per heavy atom. The van der Waals surface area contributed by atoms with Crippen LogP contribution in [0.1, 0.15) is 21.7 Å². The quantitative estimate of drug-likeness (QED) is 0.813. The third-order valence-corrected chi connectivity index (χ3v) is 2.36. The first kappa shape index (κ1) is 11.9. The standard InChI is InChI=1S/C11H11N5O2/c1-6-7(2)15-16-11(13-6)14-10(18)8-3-4-12-5-9(8)17/h3-5,17H,1-2H3,(H,13,14,16,18). The van der Waals surface area contributed by atoms with Crippen molar-refractivity contribution in [2.75, 3.05) is 5.32 Å². The van der Waals surface area contributed by atoms with Crippen LogP contribution in [0.2, 0.25) is 0 Å². The molecule has 0 aromatic carbocycles. The van der Waals surface area contributed by atoms with Crippen LogP contribution in [0.5, 0.6) is 5.75 Å². The third-order valence-electron chi connectivity index (χ3n) is 2.36. The first-order valence-electron chi connectivity index (χ1n) is 5.20. The highest BCUT2D eigenvalue weighted by molar-refractivity contribution is 6.05. The lowest BCUT2D eigenvalue weighted by Crippen LogP contribution is -2.15. The monoisotopic (exact) mass is 245 g/mol. The Balaban J connectivity index is 2.22. The molecule has 0 atom stereocenters. The van der Waals surface area contributed by atoms with E-state index in [0.717, 1.165) is 0 Å². The number of hydrogen-bond acceptors (Lipinski definition) is 6. The van der Waals surface area contributed by atoms with Crippen molar-refractivity contribution in [1.82, 2.24) is 20.2 Å². The Morgan fingerprint density at radius 3 is 2.72 bits per heavy atom. The summed E-state index contributed by atoms with van der Waals surface area (Å²) < 4.78 is 0. The minimum absolute atomic E-state index is 0.0966. The van der Waals surface area contributed by atoms with E-state index in [4.69, 9.17) is 0 Å². The molecule has 7 heteroatoms. The molecule has 0 bridgehead atoms. The van der Waals surface area contributed by atoms with Gasteiger partial charge in [0.25, 0.3) is 5.91 Å². The molecular weight excluding hydrogens is 234 g/mol. The summed E-state index contributed by atoms with van der Waals surface area (Å²) in [6.07, 6.45) is 2.60. The Hall–Kier alpha value is -2.57. The maximum absolute atomic E-state index is 11.8. The fourth-order valence-electron chi connectivity index (χ4n) is 1.26.